The fourth-order valence-corrected chi connectivity index (χ4v) is 6.13. The monoisotopic (exact) mass is 627 g/mol. The van der Waals surface area contributed by atoms with Crippen molar-refractivity contribution >= 4 is 28.5 Å². The number of carbonyl (C=O) groups is 2. The molecule has 1 heterocycles. The van der Waals surface area contributed by atoms with E-state index in [1.807, 2.05) is 6.07 Å². The summed E-state index contributed by atoms with van der Waals surface area (Å²) in [4.78, 5) is 28.7. The van der Waals surface area contributed by atoms with Gasteiger partial charge in [-0.1, -0.05) is 32.3 Å². The molecule has 1 aliphatic carbocycles. The average molecular weight is 628 g/mol. The number of amides is 1. The van der Waals surface area contributed by atoms with Gasteiger partial charge >= 0.3 is 5.97 Å². The summed E-state index contributed by atoms with van der Waals surface area (Å²) in [5.41, 5.74) is 0.616. The summed E-state index contributed by atoms with van der Waals surface area (Å²) in [6, 6.07) is 6.45. The van der Waals surface area contributed by atoms with Gasteiger partial charge in [0.05, 0.1) is 24.3 Å². The van der Waals surface area contributed by atoms with E-state index < -0.39 is 74.8 Å². The maximum atomic E-state index is 14.6. The van der Waals surface area contributed by atoms with E-state index in [0.29, 0.717) is 15.9 Å². The molecule has 0 radical (unpaired) electrons. The Morgan fingerprint density at radius 3 is 2.09 bits per heavy atom. The summed E-state index contributed by atoms with van der Waals surface area (Å²) in [6.45, 7) is -0.103. The predicted octanol–water partition coefficient (Wildman–Crippen LogP) is 6.24. The van der Waals surface area contributed by atoms with Crippen LogP contribution in [-0.2, 0) is 22.3 Å². The molecule has 14 heteroatoms. The number of halogens is 6. The van der Waals surface area contributed by atoms with Crippen molar-refractivity contribution < 1.29 is 45.2 Å². The Morgan fingerprint density at radius 1 is 0.930 bits per heavy atom. The van der Waals surface area contributed by atoms with Crippen LogP contribution in [0, 0.1) is 34.9 Å². The Kier molecular flexibility index (Phi) is 10.2. The first-order chi connectivity index (χ1) is 20.4. The van der Waals surface area contributed by atoms with Crippen LogP contribution in [0.3, 0.4) is 0 Å². The molecule has 4 rings (SSSR count). The summed E-state index contributed by atoms with van der Waals surface area (Å²) in [6.07, 6.45) is 7.10. The largest absolute Gasteiger partial charge is 0.478 e. The van der Waals surface area contributed by atoms with Crippen molar-refractivity contribution in [2.45, 2.75) is 56.4 Å². The smallest absolute Gasteiger partial charge is 0.338 e. The van der Waals surface area contributed by atoms with E-state index in [2.05, 4.69) is 4.98 Å². The van der Waals surface area contributed by atoms with Crippen molar-refractivity contribution in [1.29, 1.82) is 0 Å². The number of hydrogen-bond donors (Lipinski definition) is 1. The topological polar surface area (TPSA) is 90.8 Å². The molecule has 2 aromatic carbocycles. The zero-order valence-electron chi connectivity index (χ0n) is 22.9. The van der Waals surface area contributed by atoms with Crippen molar-refractivity contribution in [3.05, 3.63) is 88.3 Å². The molecular formula is C29H27F6N3O4S. The molecule has 43 heavy (non-hydrogen) atoms. The van der Waals surface area contributed by atoms with Gasteiger partial charge in [-0.2, -0.15) is 0 Å². The van der Waals surface area contributed by atoms with Gasteiger partial charge in [-0.15, -0.1) is 0 Å². The van der Waals surface area contributed by atoms with Crippen LogP contribution >= 0.6 is 0 Å². The van der Waals surface area contributed by atoms with Crippen LogP contribution in [0.1, 0.15) is 66.6 Å². The third-order valence-electron chi connectivity index (χ3n) is 7.28. The first-order valence-electron chi connectivity index (χ1n) is 13.4. The Balaban J connectivity index is 1.65. The third-order valence-corrected chi connectivity index (χ3v) is 8.85. The molecule has 1 amide bonds. The summed E-state index contributed by atoms with van der Waals surface area (Å²) < 4.78 is 98.2. The Hall–Kier alpha value is -3.78. The number of aromatic carboxylic acids is 1. The lowest BCUT2D eigenvalue weighted by molar-refractivity contribution is -0.118. The summed E-state index contributed by atoms with van der Waals surface area (Å²) in [7, 11) is -3.01. The molecule has 0 saturated heterocycles. The van der Waals surface area contributed by atoms with Crippen LogP contribution in [0.5, 0.6) is 0 Å². The van der Waals surface area contributed by atoms with Gasteiger partial charge in [-0.25, -0.2) is 39.7 Å². The number of nitrogens with zero attached hydrogens (tertiary/aromatic N) is 3. The van der Waals surface area contributed by atoms with Gasteiger partial charge < -0.3 is 10.0 Å². The highest BCUT2D eigenvalue weighted by atomic mass is 32.2. The molecule has 0 spiro atoms. The fraction of sp³-hybridized carbons (Fsp3) is 0.345. The SMILES string of the molecule is CCN(CC(=O)N(Cc1ccc(C2CCCCC2)cn1)c1ccc(C(=O)O)c(F)c1)S(=O)c1c(F)c(F)c(F)c(F)c1F. The zero-order chi connectivity index (χ0) is 31.4. The minimum absolute atomic E-state index is 0.108. The highest BCUT2D eigenvalue weighted by molar-refractivity contribution is 7.82. The Labute approximate surface area is 245 Å². The van der Waals surface area contributed by atoms with Crippen LogP contribution in [0.2, 0.25) is 0 Å². The molecule has 1 atom stereocenters. The van der Waals surface area contributed by atoms with Crippen molar-refractivity contribution in [3.63, 3.8) is 0 Å². The van der Waals surface area contributed by atoms with Crippen LogP contribution in [0.4, 0.5) is 32.0 Å². The van der Waals surface area contributed by atoms with Crippen LogP contribution in [-0.4, -0.2) is 43.6 Å². The lowest BCUT2D eigenvalue weighted by Crippen LogP contribution is -2.41. The Bertz CT molecular complexity index is 1520. The number of anilines is 1. The number of rotatable bonds is 10. The minimum atomic E-state index is -3.01. The molecule has 230 valence electrons. The Morgan fingerprint density at radius 2 is 1.56 bits per heavy atom. The number of hydrogen-bond acceptors (Lipinski definition) is 4. The van der Waals surface area contributed by atoms with Gasteiger partial charge in [0.15, 0.2) is 23.3 Å². The standard InChI is InChI=1S/C29H27F6N3O4S/c1-2-37(43(42)28-26(34)24(32)23(31)25(33)27(28)35)15-22(39)38(19-10-11-20(29(40)41)21(30)12-19)14-18-9-8-17(13-36-18)16-6-4-3-5-7-16/h8-13,16H,2-7,14-15H2,1H3,(H,40,41). The number of pyridine rings is 1. The van der Waals surface area contributed by atoms with Crippen LogP contribution in [0.25, 0.3) is 0 Å². The molecule has 1 N–H and O–H groups in total. The number of likely N-dealkylation sites (N-methyl/N-ethyl adjacent to an activating group) is 1. The minimum Gasteiger partial charge on any atom is -0.478 e. The van der Waals surface area contributed by atoms with Crippen molar-refractivity contribution in [1.82, 2.24) is 9.29 Å². The van der Waals surface area contributed by atoms with Gasteiger partial charge in [-0.3, -0.25) is 9.78 Å². The van der Waals surface area contributed by atoms with Gasteiger partial charge in [0, 0.05) is 18.4 Å². The number of carboxylic acid groups (broad SMARTS) is 1. The van der Waals surface area contributed by atoms with E-state index in [4.69, 9.17) is 0 Å². The lowest BCUT2D eigenvalue weighted by atomic mass is 9.85. The van der Waals surface area contributed by atoms with Crippen molar-refractivity contribution in [3.8, 4) is 0 Å². The fourth-order valence-electron chi connectivity index (χ4n) is 4.93. The van der Waals surface area contributed by atoms with Gasteiger partial charge in [0.25, 0.3) is 0 Å². The molecule has 1 aliphatic rings. The second kappa shape index (κ2) is 13.7. The average Bonchev–Trinajstić information content (AvgIpc) is 3.00. The van der Waals surface area contributed by atoms with E-state index in [-0.39, 0.29) is 18.8 Å². The quantitative estimate of drug-likeness (QED) is 0.163. The first-order valence-corrected chi connectivity index (χ1v) is 14.5. The molecule has 7 nitrogen and oxygen atoms in total. The van der Waals surface area contributed by atoms with Gasteiger partial charge in [-0.05, 0) is 48.6 Å². The summed E-state index contributed by atoms with van der Waals surface area (Å²) in [5.74, 6) is -14.9. The van der Waals surface area contributed by atoms with Gasteiger partial charge in [0.1, 0.15) is 21.7 Å². The predicted molar refractivity (Wildman–Crippen MR) is 144 cm³/mol. The maximum absolute atomic E-state index is 14.6. The second-order valence-electron chi connectivity index (χ2n) is 9.97. The van der Waals surface area contributed by atoms with Crippen molar-refractivity contribution in [2.24, 2.45) is 0 Å². The third kappa shape index (κ3) is 6.90. The highest BCUT2D eigenvalue weighted by Gasteiger charge is 2.33. The molecular weight excluding hydrogens is 600 g/mol. The van der Waals surface area contributed by atoms with E-state index in [1.165, 1.54) is 13.3 Å². The summed E-state index contributed by atoms with van der Waals surface area (Å²) >= 11 is 0. The second-order valence-corrected chi connectivity index (χ2v) is 11.4. The molecule has 1 fully saturated rings. The van der Waals surface area contributed by atoms with Gasteiger partial charge in [0.2, 0.25) is 11.7 Å². The molecule has 1 aromatic heterocycles. The van der Waals surface area contributed by atoms with E-state index in [9.17, 15) is 45.2 Å². The van der Waals surface area contributed by atoms with Crippen molar-refractivity contribution in [2.75, 3.05) is 18.0 Å². The zero-order valence-corrected chi connectivity index (χ0v) is 23.7. The summed E-state index contributed by atoms with van der Waals surface area (Å²) in [5, 5.41) is 9.18. The number of carbonyl (C=O) groups excluding carboxylic acids is 1. The molecule has 1 saturated carbocycles. The molecule has 0 bridgehead atoms. The molecule has 0 aliphatic heterocycles. The maximum Gasteiger partial charge on any atom is 0.338 e. The first kappa shape index (κ1) is 32.1. The van der Waals surface area contributed by atoms with E-state index >= 15 is 0 Å². The van der Waals surface area contributed by atoms with E-state index in [1.54, 1.807) is 12.3 Å². The molecule has 1 unspecified atom stereocenters. The van der Waals surface area contributed by atoms with Crippen LogP contribution in [0.15, 0.2) is 41.4 Å². The van der Waals surface area contributed by atoms with Crippen LogP contribution < -0.4 is 4.90 Å². The number of benzene rings is 2. The number of carboxylic acids is 1. The van der Waals surface area contributed by atoms with E-state index in [0.717, 1.165) is 54.3 Å². The normalized spacial score (nSPS) is 14.6. The lowest BCUT2D eigenvalue weighted by Gasteiger charge is -2.27. The number of aromatic nitrogens is 1. The highest BCUT2D eigenvalue weighted by Crippen LogP contribution is 2.32. The molecule has 3 aromatic rings.